The predicted molar refractivity (Wildman–Crippen MR) is 223 cm³/mol. The first kappa shape index (κ1) is 42.3. The van der Waals surface area contributed by atoms with E-state index in [0.717, 1.165) is 87.5 Å². The summed E-state index contributed by atoms with van der Waals surface area (Å²) in [6, 6.07) is 26.2. The number of rotatable bonds is 9. The van der Waals surface area contributed by atoms with Crippen LogP contribution in [-0.2, 0) is 20.2 Å². The number of aromatic amines is 1. The highest BCUT2D eigenvalue weighted by Crippen LogP contribution is 2.41. The fourth-order valence-electron chi connectivity index (χ4n) is 5.97. The molecule has 1 fully saturated rings. The highest BCUT2D eigenvalue weighted by molar-refractivity contribution is 7.86. The fraction of sp³-hybridized carbons (Fsp3) is 0.250. The normalized spacial score (nSPS) is 13.7. The Morgan fingerprint density at radius 3 is 1.97 bits per heavy atom. The number of hydrogen-bond donors (Lipinski definition) is 3. The Bertz CT molecular complexity index is 2570. The Morgan fingerprint density at radius 2 is 1.41 bits per heavy atom. The van der Waals surface area contributed by atoms with E-state index >= 15 is 0 Å². The number of thiazole rings is 1. The van der Waals surface area contributed by atoms with Crippen molar-refractivity contribution in [2.75, 3.05) is 46.4 Å². The lowest BCUT2D eigenvalue weighted by Crippen LogP contribution is -2.45. The van der Waals surface area contributed by atoms with E-state index in [4.69, 9.17) is 23.9 Å². The monoisotopic (exact) mass is 844 g/mol. The number of aromatic nitrogens is 6. The number of ether oxygens (including phenoxy) is 1. The minimum atomic E-state index is -4.02. The molecule has 304 valence electrons. The van der Waals surface area contributed by atoms with E-state index in [1.165, 1.54) is 24.3 Å². The number of nitrogens with zero attached hydrogens (tertiary/aromatic N) is 7. The van der Waals surface area contributed by atoms with Crippen LogP contribution in [0.4, 0.5) is 0 Å². The molecule has 0 radical (unpaired) electrons. The van der Waals surface area contributed by atoms with Crippen molar-refractivity contribution >= 4 is 37.1 Å². The molecule has 3 N–H and O–H groups in total. The number of likely N-dealkylation sites (N-methyl/N-ethyl adjacent to an activating group) is 1. The highest BCUT2D eigenvalue weighted by atomic mass is 32.2. The topological polar surface area (TPSA) is 196 Å². The van der Waals surface area contributed by atoms with Gasteiger partial charge < -0.3 is 9.64 Å². The Balaban J connectivity index is 0.000000210. The van der Waals surface area contributed by atoms with Crippen molar-refractivity contribution in [3.63, 3.8) is 0 Å². The molecule has 7 aromatic rings. The molecule has 0 unspecified atom stereocenters. The molecule has 8 rings (SSSR count). The van der Waals surface area contributed by atoms with Crippen molar-refractivity contribution < 1.29 is 30.7 Å². The van der Waals surface area contributed by atoms with Crippen molar-refractivity contribution in [2.45, 2.75) is 30.6 Å². The summed E-state index contributed by atoms with van der Waals surface area (Å²) in [5, 5.41) is 12.8. The van der Waals surface area contributed by atoms with E-state index in [9.17, 15) is 16.8 Å². The summed E-state index contributed by atoms with van der Waals surface area (Å²) in [5.74, 6) is 1.48. The van der Waals surface area contributed by atoms with Gasteiger partial charge in [-0.2, -0.15) is 27.0 Å². The van der Waals surface area contributed by atoms with Crippen LogP contribution < -0.4 is 4.74 Å². The van der Waals surface area contributed by atoms with Crippen LogP contribution >= 0.6 is 11.3 Å². The molecule has 1 aliphatic heterocycles. The first-order valence-corrected chi connectivity index (χ1v) is 21.9. The van der Waals surface area contributed by atoms with Gasteiger partial charge in [0.1, 0.15) is 28.6 Å². The Morgan fingerprint density at radius 1 is 0.810 bits per heavy atom. The SMILES string of the molecule is Cc1ccc(S(=O)(=O)O)cc1.Cc1ccc(S(=O)(=O)O)cc1.Cc1nn2ccc(OCCN3CCN(C)CC3)cc2c1-c1nc(-c2ccccc2)c(-c2nc[nH]n2)s1. The van der Waals surface area contributed by atoms with E-state index in [1.807, 2.05) is 55.7 Å². The summed E-state index contributed by atoms with van der Waals surface area (Å²) >= 11 is 1.58. The maximum atomic E-state index is 10.5. The van der Waals surface area contributed by atoms with Gasteiger partial charge >= 0.3 is 0 Å². The molecule has 5 heterocycles. The quantitative estimate of drug-likeness (QED) is 0.137. The molecular formula is C40H44N8O7S3. The molecule has 0 bridgehead atoms. The molecule has 0 aliphatic carbocycles. The van der Waals surface area contributed by atoms with Crippen LogP contribution in [0.5, 0.6) is 5.75 Å². The maximum Gasteiger partial charge on any atom is 0.294 e. The van der Waals surface area contributed by atoms with Gasteiger partial charge in [0.15, 0.2) is 5.82 Å². The van der Waals surface area contributed by atoms with Crippen LogP contribution in [0.2, 0.25) is 0 Å². The number of nitrogens with one attached hydrogen (secondary N) is 1. The van der Waals surface area contributed by atoms with E-state index in [0.29, 0.717) is 12.4 Å². The summed E-state index contributed by atoms with van der Waals surface area (Å²) in [4.78, 5) is 15.1. The summed E-state index contributed by atoms with van der Waals surface area (Å²) in [6.07, 6.45) is 3.55. The molecule has 3 aromatic carbocycles. The van der Waals surface area contributed by atoms with E-state index < -0.39 is 20.2 Å². The molecule has 58 heavy (non-hydrogen) atoms. The van der Waals surface area contributed by atoms with E-state index in [1.54, 1.807) is 41.9 Å². The third-order valence-corrected chi connectivity index (χ3v) is 12.0. The number of H-pyrrole nitrogens is 1. The summed E-state index contributed by atoms with van der Waals surface area (Å²) < 4.78 is 67.2. The second-order valence-corrected chi connectivity index (χ2v) is 17.4. The molecule has 0 saturated carbocycles. The number of piperazine rings is 1. The average Bonchev–Trinajstić information content (AvgIpc) is 3.95. The third-order valence-electron chi connectivity index (χ3n) is 9.20. The molecule has 1 aliphatic rings. The smallest absolute Gasteiger partial charge is 0.294 e. The van der Waals surface area contributed by atoms with Crippen molar-refractivity contribution in [1.29, 1.82) is 0 Å². The maximum absolute atomic E-state index is 10.5. The van der Waals surface area contributed by atoms with E-state index in [-0.39, 0.29) is 9.79 Å². The Kier molecular flexibility index (Phi) is 13.5. The van der Waals surface area contributed by atoms with Crippen molar-refractivity contribution in [3.05, 3.63) is 120 Å². The highest BCUT2D eigenvalue weighted by Gasteiger charge is 2.23. The molecule has 18 heteroatoms. The van der Waals surface area contributed by atoms with Gasteiger partial charge in [0, 0.05) is 50.6 Å². The molecule has 0 atom stereocenters. The van der Waals surface area contributed by atoms with Crippen LogP contribution in [0.1, 0.15) is 16.8 Å². The zero-order valence-corrected chi connectivity index (χ0v) is 34.8. The van der Waals surface area contributed by atoms with Crippen LogP contribution in [0.25, 0.3) is 38.0 Å². The van der Waals surface area contributed by atoms with Gasteiger partial charge in [-0.3, -0.25) is 19.1 Å². The number of hydrogen-bond acceptors (Lipinski definition) is 12. The van der Waals surface area contributed by atoms with Crippen molar-refractivity contribution in [1.82, 2.24) is 39.6 Å². The van der Waals surface area contributed by atoms with Gasteiger partial charge in [0.05, 0.1) is 32.3 Å². The molecule has 15 nitrogen and oxygen atoms in total. The number of fused-ring (bicyclic) bond motifs is 1. The zero-order valence-electron chi connectivity index (χ0n) is 32.3. The lowest BCUT2D eigenvalue weighted by Gasteiger charge is -2.32. The molecule has 0 amide bonds. The van der Waals surface area contributed by atoms with Gasteiger partial charge in [0.2, 0.25) is 0 Å². The predicted octanol–water partition coefficient (Wildman–Crippen LogP) is 6.33. The lowest BCUT2D eigenvalue weighted by molar-refractivity contribution is 0.134. The summed E-state index contributed by atoms with van der Waals surface area (Å²) in [6.45, 7) is 11.7. The standard InChI is InChI=1S/C26H28N8OS.2C7H8O3S/c1-18-22(26-29-23(19-6-4-3-5-7-19)24(36-26)25-27-17-28-30-25)21-16-20(8-9-34(21)31-18)35-15-14-33-12-10-32(2)11-13-33;2*1-6-2-4-7(5-3-6)11(8,9)10/h3-9,16-17H,10-15H2,1-2H3,(H,27,28,30);2*2-5H,1H3,(H,8,9,10). The average molecular weight is 845 g/mol. The van der Waals surface area contributed by atoms with E-state index in [2.05, 4.69) is 50.2 Å². The minimum Gasteiger partial charge on any atom is -0.492 e. The van der Waals surface area contributed by atoms with Crippen LogP contribution in [0.3, 0.4) is 0 Å². The molecule has 0 spiro atoms. The molecular weight excluding hydrogens is 801 g/mol. The zero-order chi connectivity index (χ0) is 41.5. The number of aryl methyl sites for hydroxylation is 3. The van der Waals surface area contributed by atoms with Gasteiger partial charge in [0.25, 0.3) is 20.2 Å². The van der Waals surface area contributed by atoms with Gasteiger partial charge in [-0.1, -0.05) is 65.7 Å². The summed E-state index contributed by atoms with van der Waals surface area (Å²) in [5.41, 5.74) is 6.70. The van der Waals surface area contributed by atoms with Crippen molar-refractivity contribution in [2.24, 2.45) is 0 Å². The summed E-state index contributed by atoms with van der Waals surface area (Å²) in [7, 11) is -5.86. The van der Waals surface area contributed by atoms with Gasteiger partial charge in [-0.25, -0.2) is 14.5 Å². The van der Waals surface area contributed by atoms with Gasteiger partial charge in [-0.05, 0) is 58.2 Å². The molecule has 4 aromatic heterocycles. The Labute approximate surface area is 341 Å². The third kappa shape index (κ3) is 11.0. The van der Waals surface area contributed by atoms with Crippen molar-refractivity contribution in [3.8, 4) is 38.3 Å². The first-order chi connectivity index (χ1) is 27.7. The number of pyridine rings is 1. The van der Waals surface area contributed by atoms with Gasteiger partial charge in [-0.15, -0.1) is 11.3 Å². The van der Waals surface area contributed by atoms with Crippen LogP contribution in [-0.4, -0.2) is 112 Å². The second kappa shape index (κ2) is 18.5. The Hall–Kier alpha value is -5.34. The lowest BCUT2D eigenvalue weighted by atomic mass is 10.1. The molecule has 1 saturated heterocycles. The minimum absolute atomic E-state index is 0.0666. The fourth-order valence-corrected chi connectivity index (χ4v) is 8.07. The van der Waals surface area contributed by atoms with Crippen LogP contribution in [0, 0.1) is 20.8 Å². The van der Waals surface area contributed by atoms with Crippen LogP contribution in [0.15, 0.2) is 113 Å². The number of benzene rings is 3. The first-order valence-electron chi connectivity index (χ1n) is 18.2. The largest absolute Gasteiger partial charge is 0.492 e. The second-order valence-electron chi connectivity index (χ2n) is 13.6.